The highest BCUT2D eigenvalue weighted by Crippen LogP contribution is 2.24. The maximum absolute atomic E-state index is 13.1. The average molecular weight is 432 g/mol. The average Bonchev–Trinajstić information content (AvgIpc) is 3.57. The molecule has 0 atom stereocenters. The summed E-state index contributed by atoms with van der Waals surface area (Å²) in [6, 6.07) is 9.74. The third kappa shape index (κ3) is 3.74. The molecule has 1 aliphatic heterocycles. The number of rotatable bonds is 9. The van der Waals surface area contributed by atoms with E-state index in [9.17, 15) is 4.79 Å². The van der Waals surface area contributed by atoms with Gasteiger partial charge in [0.15, 0.2) is 0 Å². The molecule has 164 valence electrons. The molecule has 0 radical (unpaired) electrons. The molecule has 4 heterocycles. The molecule has 32 heavy (non-hydrogen) atoms. The van der Waals surface area contributed by atoms with Crippen LogP contribution in [0.5, 0.6) is 0 Å². The third-order valence-electron chi connectivity index (χ3n) is 5.73. The Morgan fingerprint density at radius 1 is 1.06 bits per heavy atom. The largest absolute Gasteiger partial charge is 0.339 e. The van der Waals surface area contributed by atoms with Crippen LogP contribution >= 0.6 is 0 Å². The first-order chi connectivity index (χ1) is 15.8. The van der Waals surface area contributed by atoms with E-state index in [2.05, 4.69) is 32.3 Å². The van der Waals surface area contributed by atoms with E-state index in [0.717, 1.165) is 49.2 Å². The minimum absolute atomic E-state index is 0.0663. The Morgan fingerprint density at radius 2 is 1.94 bits per heavy atom. The summed E-state index contributed by atoms with van der Waals surface area (Å²) in [4.78, 5) is 22.1. The maximum Gasteiger partial charge on any atom is 0.266 e. The number of nitrogens with zero attached hydrogens (tertiary/aromatic N) is 7. The van der Waals surface area contributed by atoms with Crippen LogP contribution in [0.4, 0.5) is 5.82 Å². The van der Waals surface area contributed by atoms with Gasteiger partial charge in [0.05, 0.1) is 5.56 Å². The van der Waals surface area contributed by atoms with Crippen molar-refractivity contribution in [3.8, 4) is 11.4 Å². The van der Waals surface area contributed by atoms with E-state index in [-0.39, 0.29) is 5.56 Å². The highest BCUT2D eigenvalue weighted by molar-refractivity contribution is 5.74. The fourth-order valence-corrected chi connectivity index (χ4v) is 4.07. The Bertz CT molecular complexity index is 1320. The zero-order valence-electron chi connectivity index (χ0n) is 18.1. The molecular weight excluding hydrogens is 406 g/mol. The fraction of sp³-hybridized carbons (Fsp3) is 0.391. The summed E-state index contributed by atoms with van der Waals surface area (Å²) in [7, 11) is 0. The molecule has 0 fully saturated rings. The SMILES string of the molecule is CCCCCn1c2c(c(=O)n3c(CCCc4nc(-c5ccccc5)no4)nnc13)CC=N2. The van der Waals surface area contributed by atoms with Gasteiger partial charge in [-0.2, -0.15) is 4.98 Å². The second-order valence-electron chi connectivity index (χ2n) is 7.96. The summed E-state index contributed by atoms with van der Waals surface area (Å²) in [5.41, 5.74) is 1.58. The molecule has 0 amide bonds. The quantitative estimate of drug-likeness (QED) is 0.375. The molecule has 0 spiro atoms. The molecule has 0 saturated carbocycles. The van der Waals surface area contributed by atoms with Gasteiger partial charge in [0.25, 0.3) is 5.56 Å². The van der Waals surface area contributed by atoms with E-state index in [1.807, 2.05) is 34.9 Å². The smallest absolute Gasteiger partial charge is 0.266 e. The Kier molecular flexibility index (Phi) is 5.62. The number of hydrogen-bond acceptors (Lipinski definition) is 7. The lowest BCUT2D eigenvalue weighted by molar-refractivity contribution is 0.375. The first kappa shape index (κ1) is 20.3. The first-order valence-corrected chi connectivity index (χ1v) is 11.2. The molecule has 1 aliphatic rings. The summed E-state index contributed by atoms with van der Waals surface area (Å²) in [6.45, 7) is 2.95. The summed E-state index contributed by atoms with van der Waals surface area (Å²) in [6.07, 6.45) is 7.53. The highest BCUT2D eigenvalue weighted by Gasteiger charge is 2.22. The van der Waals surface area contributed by atoms with Crippen molar-refractivity contribution in [3.63, 3.8) is 0 Å². The molecule has 0 unspecified atom stereocenters. The molecule has 0 aliphatic carbocycles. The first-order valence-electron chi connectivity index (χ1n) is 11.2. The lowest BCUT2D eigenvalue weighted by Gasteiger charge is -2.12. The summed E-state index contributed by atoms with van der Waals surface area (Å²) >= 11 is 0. The number of aliphatic imine (C=N–C) groups is 1. The van der Waals surface area contributed by atoms with Crippen molar-refractivity contribution in [2.45, 2.75) is 58.4 Å². The van der Waals surface area contributed by atoms with Crippen LogP contribution in [0.3, 0.4) is 0 Å². The predicted octanol–water partition coefficient (Wildman–Crippen LogP) is 3.56. The van der Waals surface area contributed by atoms with Crippen molar-refractivity contribution in [3.05, 3.63) is 58.0 Å². The molecule has 9 heteroatoms. The van der Waals surface area contributed by atoms with Crippen molar-refractivity contribution in [1.29, 1.82) is 0 Å². The van der Waals surface area contributed by atoms with E-state index in [1.165, 1.54) is 0 Å². The molecule has 4 aromatic rings. The molecule has 0 bridgehead atoms. The fourth-order valence-electron chi connectivity index (χ4n) is 4.07. The van der Waals surface area contributed by atoms with Gasteiger partial charge < -0.3 is 4.52 Å². The van der Waals surface area contributed by atoms with Gasteiger partial charge in [-0.1, -0.05) is 55.3 Å². The van der Waals surface area contributed by atoms with Crippen molar-refractivity contribution < 1.29 is 4.52 Å². The van der Waals surface area contributed by atoms with Crippen LogP contribution in [0.2, 0.25) is 0 Å². The van der Waals surface area contributed by atoms with E-state index in [0.29, 0.717) is 42.6 Å². The Labute approximate surface area is 184 Å². The lowest BCUT2D eigenvalue weighted by atomic mass is 10.2. The number of aryl methyl sites for hydroxylation is 3. The van der Waals surface area contributed by atoms with Crippen LogP contribution in [-0.2, 0) is 25.8 Å². The van der Waals surface area contributed by atoms with Gasteiger partial charge in [-0.15, -0.1) is 10.2 Å². The zero-order chi connectivity index (χ0) is 21.9. The Morgan fingerprint density at radius 3 is 2.78 bits per heavy atom. The molecular formula is C23H25N7O2. The van der Waals surface area contributed by atoms with Crippen LogP contribution in [0.1, 0.15) is 49.9 Å². The molecule has 9 nitrogen and oxygen atoms in total. The second-order valence-corrected chi connectivity index (χ2v) is 7.96. The van der Waals surface area contributed by atoms with E-state index in [1.54, 1.807) is 10.6 Å². The van der Waals surface area contributed by atoms with Gasteiger partial charge >= 0.3 is 0 Å². The monoisotopic (exact) mass is 431 g/mol. The summed E-state index contributed by atoms with van der Waals surface area (Å²) < 4.78 is 9.09. The van der Waals surface area contributed by atoms with Crippen LogP contribution in [0.15, 0.2) is 44.6 Å². The minimum Gasteiger partial charge on any atom is -0.339 e. The molecule has 3 aromatic heterocycles. The van der Waals surface area contributed by atoms with Crippen LogP contribution in [-0.4, -0.2) is 35.5 Å². The minimum atomic E-state index is -0.0663. The van der Waals surface area contributed by atoms with Gasteiger partial charge in [0.2, 0.25) is 17.5 Å². The lowest BCUT2D eigenvalue weighted by Crippen LogP contribution is -2.23. The maximum atomic E-state index is 13.1. The van der Waals surface area contributed by atoms with Gasteiger partial charge in [-0.25, -0.2) is 9.39 Å². The van der Waals surface area contributed by atoms with Crippen LogP contribution < -0.4 is 5.56 Å². The van der Waals surface area contributed by atoms with E-state index < -0.39 is 0 Å². The van der Waals surface area contributed by atoms with Crippen LogP contribution in [0.25, 0.3) is 17.2 Å². The van der Waals surface area contributed by atoms with Gasteiger partial charge in [-0.3, -0.25) is 9.36 Å². The van der Waals surface area contributed by atoms with Crippen molar-refractivity contribution >= 4 is 17.8 Å². The normalized spacial score (nSPS) is 12.7. The van der Waals surface area contributed by atoms with Crippen molar-refractivity contribution in [2.75, 3.05) is 0 Å². The van der Waals surface area contributed by atoms with Gasteiger partial charge in [0.1, 0.15) is 11.6 Å². The topological polar surface area (TPSA) is 103 Å². The predicted molar refractivity (Wildman–Crippen MR) is 120 cm³/mol. The molecule has 0 saturated heterocycles. The van der Waals surface area contributed by atoms with Crippen molar-refractivity contribution in [1.82, 2.24) is 29.3 Å². The number of hydrogen-bond donors (Lipinski definition) is 0. The third-order valence-corrected chi connectivity index (χ3v) is 5.73. The number of benzene rings is 1. The zero-order valence-corrected chi connectivity index (χ0v) is 18.1. The molecule has 0 N–H and O–H groups in total. The summed E-state index contributed by atoms with van der Waals surface area (Å²) in [5, 5.41) is 12.8. The summed E-state index contributed by atoms with van der Waals surface area (Å²) in [5.74, 6) is 3.12. The number of aromatic nitrogens is 6. The van der Waals surface area contributed by atoms with E-state index in [4.69, 9.17) is 4.52 Å². The highest BCUT2D eigenvalue weighted by atomic mass is 16.5. The molecule has 5 rings (SSSR count). The second kappa shape index (κ2) is 8.86. The van der Waals surface area contributed by atoms with E-state index >= 15 is 0 Å². The number of unbranched alkanes of at least 4 members (excludes halogenated alkanes) is 2. The number of fused-ring (bicyclic) bond motifs is 2. The molecule has 1 aromatic carbocycles. The van der Waals surface area contributed by atoms with Gasteiger partial charge in [-0.05, 0) is 12.8 Å². The Hall–Kier alpha value is -3.62. The van der Waals surface area contributed by atoms with Crippen LogP contribution in [0, 0.1) is 0 Å². The van der Waals surface area contributed by atoms with Crippen molar-refractivity contribution in [2.24, 2.45) is 4.99 Å². The van der Waals surface area contributed by atoms with Gasteiger partial charge in [0, 0.05) is 37.6 Å². The standard InChI is InChI=1S/C23H25N7O2/c1-2-3-7-15-29-21-17(13-14-24-21)22(31)30-18(26-27-23(29)30)11-8-12-19-25-20(28-32-19)16-9-5-4-6-10-16/h4-6,9-10,14H,2-3,7-8,11-13,15H2,1H3. The Balaban J connectivity index is 1.35.